The topological polar surface area (TPSA) is 63.6 Å². The number of hydrogen-bond acceptors (Lipinski definition) is 3. The van der Waals surface area contributed by atoms with E-state index in [9.17, 15) is 9.00 Å². The predicted octanol–water partition coefficient (Wildman–Crippen LogP) is 0.942. The number of carbonyl (C=O) groups excluding carboxylic acids is 1. The molecule has 0 aliphatic rings. The third kappa shape index (κ3) is 7.68. The lowest BCUT2D eigenvalue weighted by Gasteiger charge is -2.00. The average Bonchev–Trinajstić information content (AvgIpc) is 2.00. The summed E-state index contributed by atoms with van der Waals surface area (Å²) in [6.45, 7) is 2.34. The van der Waals surface area contributed by atoms with Gasteiger partial charge in [0.1, 0.15) is 0 Å². The second-order valence-corrected chi connectivity index (χ2v) is 3.40. The van der Waals surface area contributed by atoms with Gasteiger partial charge in [0.05, 0.1) is 6.61 Å². The van der Waals surface area contributed by atoms with Crippen LogP contribution in [-0.4, -0.2) is 27.1 Å². The molecule has 1 unspecified atom stereocenters. The zero-order chi connectivity index (χ0) is 9.40. The van der Waals surface area contributed by atoms with Gasteiger partial charge in [-0.05, 0) is 12.8 Å². The Labute approximate surface area is 74.6 Å². The number of hydrogen-bond donors (Lipinski definition) is 1. The van der Waals surface area contributed by atoms with Crippen LogP contribution >= 0.6 is 0 Å². The maximum absolute atomic E-state index is 10.8. The summed E-state index contributed by atoms with van der Waals surface area (Å²) < 4.78 is 23.3. The first-order valence-electron chi connectivity index (χ1n) is 3.90. The van der Waals surface area contributed by atoms with Gasteiger partial charge in [-0.15, -0.1) is 0 Å². The fraction of sp³-hybridized carbons (Fsp3) is 0.857. The van der Waals surface area contributed by atoms with Crippen molar-refractivity contribution >= 4 is 17.0 Å². The van der Waals surface area contributed by atoms with E-state index in [0.717, 1.165) is 6.42 Å². The van der Waals surface area contributed by atoms with Crippen LogP contribution in [0.3, 0.4) is 0 Å². The summed E-state index contributed by atoms with van der Waals surface area (Å²) in [5.41, 5.74) is 0. The van der Waals surface area contributed by atoms with E-state index in [0.29, 0.717) is 13.0 Å². The lowest BCUT2D eigenvalue weighted by atomic mass is 10.3. The van der Waals surface area contributed by atoms with E-state index in [1.807, 2.05) is 6.92 Å². The van der Waals surface area contributed by atoms with Gasteiger partial charge in [-0.25, -0.2) is 4.21 Å². The molecule has 5 heteroatoms. The van der Waals surface area contributed by atoms with Crippen molar-refractivity contribution in [3.8, 4) is 0 Å². The highest BCUT2D eigenvalue weighted by atomic mass is 32.2. The molecule has 0 rings (SSSR count). The van der Waals surface area contributed by atoms with Gasteiger partial charge in [-0.1, -0.05) is 6.92 Å². The molecule has 0 spiro atoms. The molecule has 72 valence electrons. The number of ether oxygens (including phenoxy) is 1. The molecule has 1 N–H and O–H groups in total. The summed E-state index contributed by atoms with van der Waals surface area (Å²) in [7, 11) is 0. The fourth-order valence-corrected chi connectivity index (χ4v) is 1.02. The van der Waals surface area contributed by atoms with Crippen LogP contribution in [0.4, 0.5) is 0 Å². The molecule has 0 aliphatic carbocycles. The van der Waals surface area contributed by atoms with Crippen molar-refractivity contribution in [3.63, 3.8) is 0 Å². The third-order valence-electron chi connectivity index (χ3n) is 1.17. The first-order chi connectivity index (χ1) is 5.66. The maximum atomic E-state index is 10.8. The summed E-state index contributed by atoms with van der Waals surface area (Å²) in [5.74, 6) is -0.149. The highest BCUT2D eigenvalue weighted by molar-refractivity contribution is 7.79. The zero-order valence-corrected chi connectivity index (χ0v) is 7.93. The standard InChI is InChI=1S/C7H14O4S/c1-2-5-11-7(8)4-3-6-12(9)10/h2-6H2,1H3,(H,9,10). The molecule has 0 fully saturated rings. The Hall–Kier alpha value is -0.420. The highest BCUT2D eigenvalue weighted by Crippen LogP contribution is 1.94. The van der Waals surface area contributed by atoms with Gasteiger partial charge < -0.3 is 9.29 Å². The van der Waals surface area contributed by atoms with E-state index >= 15 is 0 Å². The minimum Gasteiger partial charge on any atom is -0.466 e. The number of carbonyl (C=O) groups is 1. The van der Waals surface area contributed by atoms with Crippen LogP contribution < -0.4 is 0 Å². The molecule has 0 amide bonds. The Bertz CT molecular complexity index is 157. The molecule has 0 aromatic carbocycles. The summed E-state index contributed by atoms with van der Waals surface area (Å²) in [6, 6.07) is 0. The van der Waals surface area contributed by atoms with Crippen LogP contribution in [0.25, 0.3) is 0 Å². The van der Waals surface area contributed by atoms with Crippen molar-refractivity contribution in [2.75, 3.05) is 12.4 Å². The van der Waals surface area contributed by atoms with Crippen LogP contribution in [0.2, 0.25) is 0 Å². The lowest BCUT2D eigenvalue weighted by molar-refractivity contribution is -0.143. The smallest absolute Gasteiger partial charge is 0.305 e. The minimum atomic E-state index is -1.80. The van der Waals surface area contributed by atoms with Crippen molar-refractivity contribution in [1.29, 1.82) is 0 Å². The molecule has 0 radical (unpaired) electrons. The van der Waals surface area contributed by atoms with E-state index in [1.54, 1.807) is 0 Å². The molecule has 0 bridgehead atoms. The second kappa shape index (κ2) is 7.24. The molecule has 0 saturated heterocycles. The van der Waals surface area contributed by atoms with Gasteiger partial charge in [0, 0.05) is 12.2 Å². The summed E-state index contributed by atoms with van der Waals surface area (Å²) in [5, 5.41) is 0. The van der Waals surface area contributed by atoms with Gasteiger partial charge in [-0.3, -0.25) is 4.79 Å². The Morgan fingerprint density at radius 1 is 1.58 bits per heavy atom. The Morgan fingerprint density at radius 2 is 2.25 bits per heavy atom. The fourth-order valence-electron chi connectivity index (χ4n) is 0.628. The molecule has 12 heavy (non-hydrogen) atoms. The quantitative estimate of drug-likeness (QED) is 0.505. The van der Waals surface area contributed by atoms with E-state index in [-0.39, 0.29) is 18.1 Å². The molecular formula is C7H14O4S. The van der Waals surface area contributed by atoms with Crippen LogP contribution in [0, 0.1) is 0 Å². The Morgan fingerprint density at radius 3 is 2.75 bits per heavy atom. The van der Waals surface area contributed by atoms with E-state index < -0.39 is 11.1 Å². The van der Waals surface area contributed by atoms with Crippen molar-refractivity contribution in [1.82, 2.24) is 0 Å². The van der Waals surface area contributed by atoms with Gasteiger partial charge in [0.25, 0.3) is 0 Å². The first-order valence-corrected chi connectivity index (χ1v) is 5.17. The summed E-state index contributed by atoms with van der Waals surface area (Å²) >= 11 is -1.80. The average molecular weight is 194 g/mol. The van der Waals surface area contributed by atoms with Crippen molar-refractivity contribution < 1.29 is 18.3 Å². The van der Waals surface area contributed by atoms with E-state index in [2.05, 4.69) is 0 Å². The Kier molecular flexibility index (Phi) is 6.99. The molecule has 0 saturated carbocycles. The van der Waals surface area contributed by atoms with E-state index in [4.69, 9.17) is 9.29 Å². The van der Waals surface area contributed by atoms with Crippen molar-refractivity contribution in [2.45, 2.75) is 26.2 Å². The Balaban J connectivity index is 3.25. The molecule has 0 aromatic heterocycles. The molecule has 1 atom stereocenters. The maximum Gasteiger partial charge on any atom is 0.305 e. The molecule has 4 nitrogen and oxygen atoms in total. The van der Waals surface area contributed by atoms with Crippen LogP contribution in [-0.2, 0) is 20.6 Å². The second-order valence-electron chi connectivity index (χ2n) is 2.35. The normalized spacial score (nSPS) is 12.5. The highest BCUT2D eigenvalue weighted by Gasteiger charge is 2.02. The summed E-state index contributed by atoms with van der Waals surface area (Å²) in [6.07, 6.45) is 1.44. The predicted molar refractivity (Wildman–Crippen MR) is 46.1 cm³/mol. The van der Waals surface area contributed by atoms with Gasteiger partial charge >= 0.3 is 5.97 Å². The minimum absolute atomic E-state index is 0.140. The third-order valence-corrected chi connectivity index (χ3v) is 1.80. The van der Waals surface area contributed by atoms with Crippen LogP contribution in [0.5, 0.6) is 0 Å². The molecule has 0 aromatic rings. The van der Waals surface area contributed by atoms with Crippen molar-refractivity contribution in [2.24, 2.45) is 0 Å². The van der Waals surface area contributed by atoms with Gasteiger partial charge in [0.2, 0.25) is 0 Å². The summed E-state index contributed by atoms with van der Waals surface area (Å²) in [4.78, 5) is 10.8. The van der Waals surface area contributed by atoms with Gasteiger partial charge in [-0.2, -0.15) is 0 Å². The molecule has 0 aliphatic heterocycles. The zero-order valence-electron chi connectivity index (χ0n) is 7.12. The SMILES string of the molecule is CCCOC(=O)CCCS(=O)O. The van der Waals surface area contributed by atoms with Crippen LogP contribution in [0.15, 0.2) is 0 Å². The molecular weight excluding hydrogens is 180 g/mol. The lowest BCUT2D eigenvalue weighted by Crippen LogP contribution is -2.07. The van der Waals surface area contributed by atoms with Crippen molar-refractivity contribution in [3.05, 3.63) is 0 Å². The number of esters is 1. The van der Waals surface area contributed by atoms with Crippen LogP contribution in [0.1, 0.15) is 26.2 Å². The van der Waals surface area contributed by atoms with Gasteiger partial charge in [0.15, 0.2) is 11.1 Å². The number of rotatable bonds is 6. The first kappa shape index (κ1) is 11.6. The largest absolute Gasteiger partial charge is 0.466 e. The molecule has 0 heterocycles. The van der Waals surface area contributed by atoms with E-state index in [1.165, 1.54) is 0 Å². The monoisotopic (exact) mass is 194 g/mol.